The first-order valence-electron chi connectivity index (χ1n) is 8.16. The summed E-state index contributed by atoms with van der Waals surface area (Å²) in [5, 5.41) is 9.10. The zero-order valence-electron chi connectivity index (χ0n) is 13.8. The van der Waals surface area contributed by atoms with E-state index in [1.54, 1.807) is 0 Å². The number of hydrogen-bond donors (Lipinski definition) is 1. The Labute approximate surface area is 133 Å². The van der Waals surface area contributed by atoms with Gasteiger partial charge in [-0.3, -0.25) is 9.69 Å². The van der Waals surface area contributed by atoms with E-state index in [4.69, 9.17) is 9.84 Å². The highest BCUT2D eigenvalue weighted by Crippen LogP contribution is 2.23. The maximum absolute atomic E-state index is 11.1. The predicted octanol–water partition coefficient (Wildman–Crippen LogP) is 3.29. The monoisotopic (exact) mass is 305 g/mol. The van der Waals surface area contributed by atoms with E-state index in [9.17, 15) is 4.79 Å². The molecule has 1 aromatic rings. The van der Waals surface area contributed by atoms with E-state index < -0.39 is 5.97 Å². The number of ether oxygens (including phenoxy) is 1. The fraction of sp³-hybridized carbons (Fsp3) is 0.611. The molecule has 1 N–H and O–H groups in total. The van der Waals surface area contributed by atoms with Crippen LogP contribution in [0.2, 0.25) is 0 Å². The van der Waals surface area contributed by atoms with Gasteiger partial charge >= 0.3 is 5.97 Å². The third kappa shape index (κ3) is 4.47. The normalized spacial score (nSPS) is 19.4. The minimum absolute atomic E-state index is 0.221. The smallest absolute Gasteiger partial charge is 0.307 e. The Hall–Kier alpha value is -1.55. The van der Waals surface area contributed by atoms with Crippen LogP contribution in [-0.4, -0.2) is 42.2 Å². The van der Waals surface area contributed by atoms with Crippen molar-refractivity contribution in [3.05, 3.63) is 29.3 Å². The lowest BCUT2D eigenvalue weighted by Crippen LogP contribution is -2.40. The number of carbonyl (C=O) groups is 1. The van der Waals surface area contributed by atoms with Gasteiger partial charge < -0.3 is 9.84 Å². The summed E-state index contributed by atoms with van der Waals surface area (Å²) in [4.78, 5) is 13.3. The fourth-order valence-electron chi connectivity index (χ4n) is 3.14. The zero-order valence-corrected chi connectivity index (χ0v) is 13.8. The number of carboxylic acids is 1. The SMILES string of the molecule is Cc1cc(OCCN2CCCC(C(=O)O)C2)ccc1C(C)C. The van der Waals surface area contributed by atoms with Crippen LogP contribution in [0, 0.1) is 12.8 Å². The number of piperidine rings is 1. The van der Waals surface area contributed by atoms with E-state index in [2.05, 4.69) is 37.8 Å². The Balaban J connectivity index is 1.81. The van der Waals surface area contributed by atoms with Gasteiger partial charge in [0.2, 0.25) is 0 Å². The lowest BCUT2D eigenvalue weighted by Gasteiger charge is -2.30. The molecule has 0 spiro atoms. The van der Waals surface area contributed by atoms with Gasteiger partial charge in [-0.15, -0.1) is 0 Å². The van der Waals surface area contributed by atoms with Crippen molar-refractivity contribution in [3.8, 4) is 5.75 Å². The Morgan fingerprint density at radius 1 is 1.45 bits per heavy atom. The number of likely N-dealkylation sites (tertiary alicyclic amines) is 1. The largest absolute Gasteiger partial charge is 0.492 e. The van der Waals surface area contributed by atoms with Crippen LogP contribution >= 0.6 is 0 Å². The lowest BCUT2D eigenvalue weighted by molar-refractivity contribution is -0.143. The molecule has 0 bridgehead atoms. The molecule has 0 aliphatic carbocycles. The van der Waals surface area contributed by atoms with Crippen molar-refractivity contribution in [3.63, 3.8) is 0 Å². The molecule has 1 aliphatic rings. The summed E-state index contributed by atoms with van der Waals surface area (Å²) in [6.07, 6.45) is 1.75. The van der Waals surface area contributed by atoms with E-state index in [1.807, 2.05) is 6.07 Å². The number of aryl methyl sites for hydroxylation is 1. The van der Waals surface area contributed by atoms with Gasteiger partial charge in [-0.2, -0.15) is 0 Å². The quantitative estimate of drug-likeness (QED) is 0.876. The van der Waals surface area contributed by atoms with Crippen LogP contribution in [0.3, 0.4) is 0 Å². The molecule has 1 fully saturated rings. The Morgan fingerprint density at radius 2 is 2.23 bits per heavy atom. The molecule has 1 heterocycles. The third-order valence-corrected chi connectivity index (χ3v) is 4.39. The number of aliphatic carboxylic acids is 1. The predicted molar refractivity (Wildman–Crippen MR) is 87.6 cm³/mol. The number of rotatable bonds is 6. The van der Waals surface area contributed by atoms with Crippen LogP contribution in [-0.2, 0) is 4.79 Å². The molecule has 1 aliphatic heterocycles. The fourth-order valence-corrected chi connectivity index (χ4v) is 3.14. The molecule has 0 amide bonds. The highest BCUT2D eigenvalue weighted by molar-refractivity contribution is 5.70. The summed E-state index contributed by atoms with van der Waals surface area (Å²) in [7, 11) is 0. The minimum atomic E-state index is -0.675. The summed E-state index contributed by atoms with van der Waals surface area (Å²) in [5.41, 5.74) is 2.61. The molecular formula is C18H27NO3. The van der Waals surface area contributed by atoms with E-state index in [-0.39, 0.29) is 5.92 Å². The number of nitrogens with zero attached hydrogens (tertiary/aromatic N) is 1. The van der Waals surface area contributed by atoms with Gasteiger partial charge in [0.05, 0.1) is 5.92 Å². The van der Waals surface area contributed by atoms with Crippen molar-refractivity contribution in [2.45, 2.75) is 39.5 Å². The average Bonchev–Trinajstić information content (AvgIpc) is 2.47. The van der Waals surface area contributed by atoms with Gasteiger partial charge in [0, 0.05) is 13.1 Å². The summed E-state index contributed by atoms with van der Waals surface area (Å²) >= 11 is 0. The molecule has 22 heavy (non-hydrogen) atoms. The van der Waals surface area contributed by atoms with Gasteiger partial charge in [-0.1, -0.05) is 19.9 Å². The molecule has 0 saturated carbocycles. The van der Waals surface area contributed by atoms with Gasteiger partial charge in [0.15, 0.2) is 0 Å². The second-order valence-corrected chi connectivity index (χ2v) is 6.50. The van der Waals surface area contributed by atoms with Crippen molar-refractivity contribution >= 4 is 5.97 Å². The van der Waals surface area contributed by atoms with Crippen molar-refractivity contribution in [1.82, 2.24) is 4.90 Å². The molecule has 0 radical (unpaired) electrons. The molecule has 1 saturated heterocycles. The zero-order chi connectivity index (χ0) is 16.1. The van der Waals surface area contributed by atoms with Crippen LogP contribution in [0.25, 0.3) is 0 Å². The molecule has 1 aromatic carbocycles. The molecule has 4 heteroatoms. The van der Waals surface area contributed by atoms with E-state index in [0.29, 0.717) is 19.1 Å². The van der Waals surface area contributed by atoms with Crippen molar-refractivity contribution < 1.29 is 14.6 Å². The van der Waals surface area contributed by atoms with Gasteiger partial charge in [0.1, 0.15) is 12.4 Å². The maximum Gasteiger partial charge on any atom is 0.307 e. The number of carboxylic acid groups (broad SMARTS) is 1. The van der Waals surface area contributed by atoms with Crippen LogP contribution < -0.4 is 4.74 Å². The Bertz CT molecular complexity index is 513. The van der Waals surface area contributed by atoms with Gasteiger partial charge in [-0.05, 0) is 55.5 Å². The van der Waals surface area contributed by atoms with E-state index in [0.717, 1.165) is 31.7 Å². The van der Waals surface area contributed by atoms with Crippen molar-refractivity contribution in [1.29, 1.82) is 0 Å². The summed E-state index contributed by atoms with van der Waals surface area (Å²) < 4.78 is 5.83. The van der Waals surface area contributed by atoms with Crippen LogP contribution in [0.15, 0.2) is 18.2 Å². The first-order chi connectivity index (χ1) is 10.5. The Kier molecular flexibility index (Phi) is 5.83. The standard InChI is InChI=1S/C18H27NO3/c1-13(2)17-7-6-16(11-14(17)3)22-10-9-19-8-4-5-15(12-19)18(20)21/h6-7,11,13,15H,4-5,8-10,12H2,1-3H3,(H,20,21). The topological polar surface area (TPSA) is 49.8 Å². The second kappa shape index (κ2) is 7.63. The molecule has 4 nitrogen and oxygen atoms in total. The number of benzene rings is 1. The van der Waals surface area contributed by atoms with Gasteiger partial charge in [-0.25, -0.2) is 0 Å². The highest BCUT2D eigenvalue weighted by atomic mass is 16.5. The summed E-state index contributed by atoms with van der Waals surface area (Å²) in [5.74, 6) is 0.524. The maximum atomic E-state index is 11.1. The van der Waals surface area contributed by atoms with Crippen molar-refractivity contribution in [2.24, 2.45) is 5.92 Å². The number of hydrogen-bond acceptors (Lipinski definition) is 3. The van der Waals surface area contributed by atoms with Crippen LogP contribution in [0.1, 0.15) is 43.7 Å². The van der Waals surface area contributed by atoms with E-state index in [1.165, 1.54) is 11.1 Å². The molecule has 122 valence electrons. The molecule has 1 unspecified atom stereocenters. The highest BCUT2D eigenvalue weighted by Gasteiger charge is 2.24. The Morgan fingerprint density at radius 3 is 2.86 bits per heavy atom. The average molecular weight is 305 g/mol. The third-order valence-electron chi connectivity index (χ3n) is 4.39. The summed E-state index contributed by atoms with van der Waals surface area (Å²) in [6, 6.07) is 6.25. The molecular weight excluding hydrogens is 278 g/mol. The first-order valence-corrected chi connectivity index (χ1v) is 8.16. The molecule has 0 aromatic heterocycles. The van der Waals surface area contributed by atoms with E-state index >= 15 is 0 Å². The van der Waals surface area contributed by atoms with Crippen LogP contribution in [0.5, 0.6) is 5.75 Å². The van der Waals surface area contributed by atoms with Crippen molar-refractivity contribution in [2.75, 3.05) is 26.2 Å². The molecule has 2 rings (SSSR count). The first kappa shape index (κ1) is 16.8. The molecule has 1 atom stereocenters. The van der Waals surface area contributed by atoms with Crippen LogP contribution in [0.4, 0.5) is 0 Å². The minimum Gasteiger partial charge on any atom is -0.492 e. The summed E-state index contributed by atoms with van der Waals surface area (Å²) in [6.45, 7) is 9.50. The van der Waals surface area contributed by atoms with Gasteiger partial charge in [0.25, 0.3) is 0 Å². The second-order valence-electron chi connectivity index (χ2n) is 6.50. The lowest BCUT2D eigenvalue weighted by atomic mass is 9.98.